The van der Waals surface area contributed by atoms with Crippen LogP contribution in [0.1, 0.15) is 62.2 Å². The topological polar surface area (TPSA) is 54.7 Å². The third-order valence-corrected chi connectivity index (χ3v) is 3.20. The predicted octanol–water partition coefficient (Wildman–Crippen LogP) is 2.48. The lowest BCUT2D eigenvalue weighted by Crippen LogP contribution is -2.12. The normalized spacial score (nSPS) is 21.0. The molecule has 1 unspecified atom stereocenters. The van der Waals surface area contributed by atoms with E-state index >= 15 is 0 Å². The van der Waals surface area contributed by atoms with Gasteiger partial charge >= 0.3 is 0 Å². The van der Waals surface area contributed by atoms with Crippen molar-refractivity contribution in [3.05, 3.63) is 17.5 Å². The molecule has 1 aliphatic rings. The molecule has 1 heterocycles. The van der Waals surface area contributed by atoms with Crippen LogP contribution in [0.4, 0.5) is 0 Å². The number of nitrogens with two attached hydrogens (primary N) is 1. The zero-order chi connectivity index (χ0) is 9.97. The van der Waals surface area contributed by atoms with E-state index in [2.05, 4.69) is 10.2 Å². The van der Waals surface area contributed by atoms with Gasteiger partial charge in [0, 0.05) is 6.04 Å². The molecule has 3 N–H and O–H groups in total. The molecule has 0 saturated heterocycles. The molecule has 1 atom stereocenters. The van der Waals surface area contributed by atoms with Crippen LogP contribution < -0.4 is 5.73 Å². The summed E-state index contributed by atoms with van der Waals surface area (Å²) in [6, 6.07) is 0.0782. The molecule has 0 aliphatic heterocycles. The summed E-state index contributed by atoms with van der Waals surface area (Å²) in [5, 5.41) is 7.14. The molecule has 0 spiro atoms. The fourth-order valence-electron chi connectivity index (χ4n) is 2.41. The predicted molar refractivity (Wildman–Crippen MR) is 57.0 cm³/mol. The van der Waals surface area contributed by atoms with Gasteiger partial charge in [0.25, 0.3) is 0 Å². The van der Waals surface area contributed by atoms with Crippen LogP contribution in [0.25, 0.3) is 0 Å². The third-order valence-electron chi connectivity index (χ3n) is 3.20. The van der Waals surface area contributed by atoms with Crippen LogP contribution in [0.2, 0.25) is 0 Å². The third kappa shape index (κ3) is 1.82. The Labute approximate surface area is 85.1 Å². The monoisotopic (exact) mass is 193 g/mol. The second kappa shape index (κ2) is 4.13. The van der Waals surface area contributed by atoms with E-state index in [0.29, 0.717) is 5.92 Å². The molecule has 1 aliphatic carbocycles. The summed E-state index contributed by atoms with van der Waals surface area (Å²) in [5.41, 5.74) is 8.39. The van der Waals surface area contributed by atoms with Crippen LogP contribution in [0.3, 0.4) is 0 Å². The summed E-state index contributed by atoms with van der Waals surface area (Å²) >= 11 is 0. The molecular weight excluding hydrogens is 174 g/mol. The SMILES string of the molecule is CC(N)c1[nH]ncc1C1CCCCC1. The van der Waals surface area contributed by atoms with Crippen molar-refractivity contribution in [2.45, 2.75) is 51.0 Å². The second-order valence-corrected chi connectivity index (χ2v) is 4.36. The van der Waals surface area contributed by atoms with E-state index in [9.17, 15) is 0 Å². The molecule has 0 radical (unpaired) electrons. The van der Waals surface area contributed by atoms with Crippen LogP contribution >= 0.6 is 0 Å². The van der Waals surface area contributed by atoms with Crippen LogP contribution in [0, 0.1) is 0 Å². The number of hydrogen-bond acceptors (Lipinski definition) is 2. The van der Waals surface area contributed by atoms with Crippen LogP contribution in [-0.4, -0.2) is 10.2 Å². The largest absolute Gasteiger partial charge is 0.323 e. The summed E-state index contributed by atoms with van der Waals surface area (Å²) in [5.74, 6) is 0.698. The zero-order valence-electron chi connectivity index (χ0n) is 8.79. The van der Waals surface area contributed by atoms with Gasteiger partial charge in [-0.2, -0.15) is 5.10 Å². The number of H-pyrrole nitrogens is 1. The minimum absolute atomic E-state index is 0.0782. The van der Waals surface area contributed by atoms with Gasteiger partial charge in [0.2, 0.25) is 0 Å². The summed E-state index contributed by atoms with van der Waals surface area (Å²) in [4.78, 5) is 0. The number of nitrogens with one attached hydrogen (secondary N) is 1. The summed E-state index contributed by atoms with van der Waals surface area (Å²) < 4.78 is 0. The summed E-state index contributed by atoms with van der Waals surface area (Å²) in [6.07, 6.45) is 8.68. The van der Waals surface area contributed by atoms with Crippen molar-refractivity contribution in [3.8, 4) is 0 Å². The molecule has 78 valence electrons. The maximum Gasteiger partial charge on any atom is 0.0551 e. The Balaban J connectivity index is 2.17. The smallest absolute Gasteiger partial charge is 0.0551 e. The number of hydrogen-bond donors (Lipinski definition) is 2. The first kappa shape index (κ1) is 9.71. The number of aromatic amines is 1. The Morgan fingerprint density at radius 1 is 1.43 bits per heavy atom. The van der Waals surface area contributed by atoms with E-state index in [1.807, 2.05) is 13.1 Å². The molecule has 14 heavy (non-hydrogen) atoms. The van der Waals surface area contributed by atoms with Crippen molar-refractivity contribution in [1.29, 1.82) is 0 Å². The van der Waals surface area contributed by atoms with E-state index in [1.165, 1.54) is 37.7 Å². The fourth-order valence-corrected chi connectivity index (χ4v) is 2.41. The van der Waals surface area contributed by atoms with Gasteiger partial charge in [-0.25, -0.2) is 0 Å². The van der Waals surface area contributed by atoms with Gasteiger partial charge in [-0.05, 0) is 31.2 Å². The van der Waals surface area contributed by atoms with E-state index in [-0.39, 0.29) is 6.04 Å². The van der Waals surface area contributed by atoms with Gasteiger partial charge in [-0.1, -0.05) is 19.3 Å². The average Bonchev–Trinajstić information content (AvgIpc) is 2.67. The average molecular weight is 193 g/mol. The lowest BCUT2D eigenvalue weighted by atomic mass is 9.83. The van der Waals surface area contributed by atoms with Crippen molar-refractivity contribution in [2.75, 3.05) is 0 Å². The zero-order valence-corrected chi connectivity index (χ0v) is 8.79. The minimum atomic E-state index is 0.0782. The molecule has 3 heteroatoms. The molecule has 2 rings (SSSR count). The maximum absolute atomic E-state index is 5.89. The van der Waals surface area contributed by atoms with Crippen LogP contribution in [-0.2, 0) is 0 Å². The standard InChI is InChI=1S/C11H19N3/c1-8(12)11-10(7-13-14-11)9-5-3-2-4-6-9/h7-9H,2-6,12H2,1H3,(H,13,14). The number of aromatic nitrogens is 2. The Bertz CT molecular complexity index is 284. The lowest BCUT2D eigenvalue weighted by Gasteiger charge is -2.22. The molecular formula is C11H19N3. The first-order chi connectivity index (χ1) is 6.79. The first-order valence-corrected chi connectivity index (χ1v) is 5.58. The van der Waals surface area contributed by atoms with Gasteiger partial charge in [0.05, 0.1) is 11.9 Å². The van der Waals surface area contributed by atoms with E-state index in [1.54, 1.807) is 0 Å². The highest BCUT2D eigenvalue weighted by molar-refractivity contribution is 5.24. The van der Waals surface area contributed by atoms with Crippen molar-refractivity contribution < 1.29 is 0 Å². The van der Waals surface area contributed by atoms with Gasteiger partial charge < -0.3 is 5.73 Å². The Morgan fingerprint density at radius 2 is 2.14 bits per heavy atom. The molecule has 0 aromatic carbocycles. The minimum Gasteiger partial charge on any atom is -0.323 e. The lowest BCUT2D eigenvalue weighted by molar-refractivity contribution is 0.440. The molecule has 3 nitrogen and oxygen atoms in total. The van der Waals surface area contributed by atoms with Crippen molar-refractivity contribution >= 4 is 0 Å². The Kier molecular flexibility index (Phi) is 2.87. The van der Waals surface area contributed by atoms with Gasteiger partial charge in [0.1, 0.15) is 0 Å². The van der Waals surface area contributed by atoms with Gasteiger partial charge in [0.15, 0.2) is 0 Å². The highest BCUT2D eigenvalue weighted by Crippen LogP contribution is 2.34. The van der Waals surface area contributed by atoms with Gasteiger partial charge in [-0.15, -0.1) is 0 Å². The van der Waals surface area contributed by atoms with Crippen molar-refractivity contribution in [2.24, 2.45) is 5.73 Å². The van der Waals surface area contributed by atoms with E-state index in [0.717, 1.165) is 5.69 Å². The van der Waals surface area contributed by atoms with Crippen LogP contribution in [0.5, 0.6) is 0 Å². The fraction of sp³-hybridized carbons (Fsp3) is 0.727. The molecule has 1 aromatic rings. The summed E-state index contributed by atoms with van der Waals surface area (Å²) in [7, 11) is 0. The second-order valence-electron chi connectivity index (χ2n) is 4.36. The Hall–Kier alpha value is -0.830. The van der Waals surface area contributed by atoms with E-state index < -0.39 is 0 Å². The quantitative estimate of drug-likeness (QED) is 0.758. The van der Waals surface area contributed by atoms with Gasteiger partial charge in [-0.3, -0.25) is 5.10 Å². The molecule has 1 aromatic heterocycles. The molecule has 1 fully saturated rings. The molecule has 0 bridgehead atoms. The molecule has 1 saturated carbocycles. The highest BCUT2D eigenvalue weighted by atomic mass is 15.1. The number of rotatable bonds is 2. The van der Waals surface area contributed by atoms with Crippen LogP contribution in [0.15, 0.2) is 6.20 Å². The Morgan fingerprint density at radius 3 is 2.79 bits per heavy atom. The highest BCUT2D eigenvalue weighted by Gasteiger charge is 2.20. The van der Waals surface area contributed by atoms with Crippen molar-refractivity contribution in [3.63, 3.8) is 0 Å². The van der Waals surface area contributed by atoms with E-state index in [4.69, 9.17) is 5.73 Å². The summed E-state index contributed by atoms with van der Waals surface area (Å²) in [6.45, 7) is 2.01. The maximum atomic E-state index is 5.89. The van der Waals surface area contributed by atoms with Crippen molar-refractivity contribution in [1.82, 2.24) is 10.2 Å². The first-order valence-electron chi connectivity index (χ1n) is 5.58. The molecule has 0 amide bonds. The number of nitrogens with zero attached hydrogens (tertiary/aromatic N) is 1.